The average Bonchev–Trinajstić information content (AvgIpc) is 2.93. The van der Waals surface area contributed by atoms with E-state index in [-0.39, 0.29) is 5.54 Å². The summed E-state index contributed by atoms with van der Waals surface area (Å²) in [6.45, 7) is 4.72. The maximum absolute atomic E-state index is 6.85. The van der Waals surface area contributed by atoms with E-state index in [2.05, 4.69) is 36.1 Å². The second-order valence-electron chi connectivity index (χ2n) is 5.85. The third-order valence-electron chi connectivity index (χ3n) is 4.97. The smallest absolute Gasteiger partial charge is 0.0567 e. The van der Waals surface area contributed by atoms with E-state index in [9.17, 15) is 0 Å². The average molecular weight is 244 g/mol. The highest BCUT2D eigenvalue weighted by Gasteiger charge is 2.42. The fourth-order valence-corrected chi connectivity index (χ4v) is 3.91. The molecular formula is C16H24N2. The molecule has 2 aliphatic rings. The van der Waals surface area contributed by atoms with Crippen LogP contribution in [0.2, 0.25) is 0 Å². The van der Waals surface area contributed by atoms with Crippen molar-refractivity contribution in [2.45, 2.75) is 50.6 Å². The van der Waals surface area contributed by atoms with Gasteiger partial charge in [-0.05, 0) is 56.3 Å². The molecule has 1 aromatic rings. The summed E-state index contributed by atoms with van der Waals surface area (Å²) in [5, 5.41) is 0. The van der Waals surface area contributed by atoms with Crippen LogP contribution in [0.4, 0.5) is 0 Å². The first-order valence-electron chi connectivity index (χ1n) is 7.37. The van der Waals surface area contributed by atoms with Gasteiger partial charge >= 0.3 is 0 Å². The number of fused-ring (bicyclic) bond motifs is 1. The third kappa shape index (κ3) is 1.79. The Morgan fingerprint density at radius 1 is 1.28 bits per heavy atom. The van der Waals surface area contributed by atoms with Crippen molar-refractivity contribution in [1.29, 1.82) is 0 Å². The number of likely N-dealkylation sites (tertiary alicyclic amines) is 1. The van der Waals surface area contributed by atoms with Gasteiger partial charge in [0.25, 0.3) is 0 Å². The zero-order valence-electron chi connectivity index (χ0n) is 11.4. The van der Waals surface area contributed by atoms with Gasteiger partial charge in [-0.3, -0.25) is 4.90 Å². The number of aryl methyl sites for hydroxylation is 1. The normalized spacial score (nSPS) is 32.4. The van der Waals surface area contributed by atoms with Crippen molar-refractivity contribution in [3.05, 3.63) is 35.4 Å². The molecule has 1 heterocycles. The molecule has 3 rings (SSSR count). The molecule has 0 saturated carbocycles. The van der Waals surface area contributed by atoms with Crippen LogP contribution in [0, 0.1) is 0 Å². The van der Waals surface area contributed by atoms with Gasteiger partial charge in [-0.15, -0.1) is 0 Å². The van der Waals surface area contributed by atoms with Crippen molar-refractivity contribution in [3.8, 4) is 0 Å². The lowest BCUT2D eigenvalue weighted by Crippen LogP contribution is -2.57. The van der Waals surface area contributed by atoms with E-state index in [4.69, 9.17) is 5.73 Å². The fourth-order valence-electron chi connectivity index (χ4n) is 3.91. The first-order chi connectivity index (χ1) is 8.75. The van der Waals surface area contributed by atoms with E-state index in [1.54, 1.807) is 0 Å². The summed E-state index contributed by atoms with van der Waals surface area (Å²) >= 11 is 0. The molecular weight excluding hydrogens is 220 g/mol. The lowest BCUT2D eigenvalue weighted by atomic mass is 9.71. The van der Waals surface area contributed by atoms with Crippen molar-refractivity contribution >= 4 is 0 Å². The second kappa shape index (κ2) is 4.67. The molecule has 2 N–H and O–H groups in total. The minimum absolute atomic E-state index is 0.140. The Bertz CT molecular complexity index is 423. The Morgan fingerprint density at radius 2 is 2.00 bits per heavy atom. The molecule has 2 nitrogen and oxygen atoms in total. The van der Waals surface area contributed by atoms with Crippen LogP contribution in [0.1, 0.15) is 43.7 Å². The molecule has 0 amide bonds. The van der Waals surface area contributed by atoms with Gasteiger partial charge in [0, 0.05) is 6.04 Å². The minimum atomic E-state index is -0.140. The molecule has 1 fully saturated rings. The number of nitrogens with two attached hydrogens (primary N) is 1. The predicted molar refractivity (Wildman–Crippen MR) is 75.5 cm³/mol. The van der Waals surface area contributed by atoms with Gasteiger partial charge in [-0.2, -0.15) is 0 Å². The molecule has 2 unspecified atom stereocenters. The van der Waals surface area contributed by atoms with Crippen molar-refractivity contribution in [3.63, 3.8) is 0 Å². The summed E-state index contributed by atoms with van der Waals surface area (Å²) in [7, 11) is 0. The summed E-state index contributed by atoms with van der Waals surface area (Å²) in [5.74, 6) is 0. The van der Waals surface area contributed by atoms with Crippen molar-refractivity contribution in [1.82, 2.24) is 4.90 Å². The highest BCUT2D eigenvalue weighted by Crippen LogP contribution is 2.39. The van der Waals surface area contributed by atoms with Gasteiger partial charge in [0.05, 0.1) is 5.54 Å². The first-order valence-corrected chi connectivity index (χ1v) is 7.37. The summed E-state index contributed by atoms with van der Waals surface area (Å²) < 4.78 is 0. The highest BCUT2D eigenvalue weighted by atomic mass is 15.2. The number of benzene rings is 1. The van der Waals surface area contributed by atoms with E-state index >= 15 is 0 Å². The third-order valence-corrected chi connectivity index (χ3v) is 4.97. The number of rotatable bonds is 2. The molecule has 0 radical (unpaired) electrons. The lowest BCUT2D eigenvalue weighted by Gasteiger charge is -2.46. The van der Waals surface area contributed by atoms with Gasteiger partial charge < -0.3 is 5.73 Å². The summed E-state index contributed by atoms with van der Waals surface area (Å²) in [5.41, 5.74) is 9.58. The van der Waals surface area contributed by atoms with E-state index in [1.807, 2.05) is 0 Å². The molecule has 2 heteroatoms. The maximum atomic E-state index is 6.85. The van der Waals surface area contributed by atoms with Gasteiger partial charge in [0.15, 0.2) is 0 Å². The Labute approximate surface area is 110 Å². The predicted octanol–water partition coefficient (Wildman–Crippen LogP) is 2.66. The van der Waals surface area contributed by atoms with E-state index in [1.165, 1.54) is 49.9 Å². The second-order valence-corrected chi connectivity index (χ2v) is 5.85. The zero-order valence-corrected chi connectivity index (χ0v) is 11.4. The van der Waals surface area contributed by atoms with Gasteiger partial charge in [-0.25, -0.2) is 0 Å². The van der Waals surface area contributed by atoms with Crippen LogP contribution in [0.15, 0.2) is 24.3 Å². The van der Waals surface area contributed by atoms with Gasteiger partial charge in [-0.1, -0.05) is 31.2 Å². The van der Waals surface area contributed by atoms with Crippen LogP contribution in [0.5, 0.6) is 0 Å². The number of hydrogen-bond donors (Lipinski definition) is 1. The number of nitrogens with zero attached hydrogens (tertiary/aromatic N) is 1. The maximum Gasteiger partial charge on any atom is 0.0567 e. The first kappa shape index (κ1) is 12.2. The quantitative estimate of drug-likeness (QED) is 0.866. The lowest BCUT2D eigenvalue weighted by molar-refractivity contribution is 0.122. The van der Waals surface area contributed by atoms with Crippen LogP contribution in [-0.4, -0.2) is 24.0 Å². The topological polar surface area (TPSA) is 29.3 Å². The van der Waals surface area contributed by atoms with Crippen LogP contribution < -0.4 is 5.73 Å². The largest absolute Gasteiger partial charge is 0.320 e. The van der Waals surface area contributed by atoms with Gasteiger partial charge in [0.2, 0.25) is 0 Å². The summed E-state index contributed by atoms with van der Waals surface area (Å²) in [6, 6.07) is 9.33. The molecule has 0 aromatic heterocycles. The molecule has 1 aliphatic heterocycles. The molecule has 2 atom stereocenters. The fraction of sp³-hybridized carbons (Fsp3) is 0.625. The number of hydrogen-bond acceptors (Lipinski definition) is 2. The minimum Gasteiger partial charge on any atom is -0.320 e. The van der Waals surface area contributed by atoms with E-state index < -0.39 is 0 Å². The summed E-state index contributed by atoms with van der Waals surface area (Å²) in [6.07, 6.45) is 6.14. The molecule has 1 saturated heterocycles. The van der Waals surface area contributed by atoms with Crippen molar-refractivity contribution < 1.29 is 0 Å². The van der Waals surface area contributed by atoms with Crippen LogP contribution in [0.3, 0.4) is 0 Å². The van der Waals surface area contributed by atoms with E-state index in [0.717, 1.165) is 6.42 Å². The van der Waals surface area contributed by atoms with Crippen LogP contribution >= 0.6 is 0 Å². The highest BCUT2D eigenvalue weighted by molar-refractivity contribution is 5.38. The Morgan fingerprint density at radius 3 is 2.72 bits per heavy atom. The van der Waals surface area contributed by atoms with Crippen LogP contribution in [0.25, 0.3) is 0 Å². The monoisotopic (exact) mass is 244 g/mol. The van der Waals surface area contributed by atoms with Gasteiger partial charge in [0.1, 0.15) is 0 Å². The molecule has 1 aliphatic carbocycles. The summed E-state index contributed by atoms with van der Waals surface area (Å²) in [4.78, 5) is 2.64. The SMILES string of the molecule is CCC1(N)c2ccccc2CCC1N1CCCC1. The molecule has 18 heavy (non-hydrogen) atoms. The van der Waals surface area contributed by atoms with Crippen molar-refractivity contribution in [2.24, 2.45) is 5.73 Å². The standard InChI is InChI=1S/C16H24N2/c1-2-16(17)14-8-4-3-7-13(14)9-10-15(16)18-11-5-6-12-18/h3-4,7-8,15H,2,5-6,9-12,17H2,1H3. The van der Waals surface area contributed by atoms with Crippen molar-refractivity contribution in [2.75, 3.05) is 13.1 Å². The Kier molecular flexibility index (Phi) is 3.16. The molecule has 0 spiro atoms. The van der Waals surface area contributed by atoms with E-state index in [0.29, 0.717) is 6.04 Å². The molecule has 1 aromatic carbocycles. The molecule has 98 valence electrons. The Balaban J connectivity index is 1.98. The molecule has 0 bridgehead atoms. The van der Waals surface area contributed by atoms with Crippen LogP contribution in [-0.2, 0) is 12.0 Å². The Hall–Kier alpha value is -0.860. The zero-order chi connectivity index (χ0) is 12.6.